The monoisotopic (exact) mass is 189 g/mol. The lowest BCUT2D eigenvalue weighted by atomic mass is 10.2. The van der Waals surface area contributed by atoms with Crippen molar-refractivity contribution in [2.24, 2.45) is 5.73 Å². The molecule has 2 rings (SSSR count). The molecule has 2 heteroatoms. The van der Waals surface area contributed by atoms with Crippen molar-refractivity contribution in [1.82, 2.24) is 0 Å². The highest BCUT2D eigenvalue weighted by Crippen LogP contribution is 2.29. The SMILES string of the molecule is NC/C=C/c1ccccc1OC1CC1. The Morgan fingerprint density at radius 3 is 2.86 bits per heavy atom. The van der Waals surface area contributed by atoms with Crippen LogP contribution in [-0.2, 0) is 0 Å². The molecule has 2 nitrogen and oxygen atoms in total. The van der Waals surface area contributed by atoms with E-state index in [4.69, 9.17) is 10.5 Å². The molecule has 1 aromatic carbocycles. The van der Waals surface area contributed by atoms with E-state index < -0.39 is 0 Å². The molecule has 0 amide bonds. The van der Waals surface area contributed by atoms with Crippen LogP contribution in [-0.4, -0.2) is 12.6 Å². The van der Waals surface area contributed by atoms with Crippen LogP contribution in [0.5, 0.6) is 5.75 Å². The van der Waals surface area contributed by atoms with Crippen molar-refractivity contribution in [3.63, 3.8) is 0 Å². The van der Waals surface area contributed by atoms with Crippen LogP contribution in [0.2, 0.25) is 0 Å². The summed E-state index contributed by atoms with van der Waals surface area (Å²) in [5.74, 6) is 0.972. The molecule has 2 N–H and O–H groups in total. The highest BCUT2D eigenvalue weighted by atomic mass is 16.5. The third-order valence-electron chi connectivity index (χ3n) is 2.17. The van der Waals surface area contributed by atoms with E-state index in [1.807, 2.05) is 36.4 Å². The highest BCUT2D eigenvalue weighted by Gasteiger charge is 2.23. The Hall–Kier alpha value is -1.28. The molecule has 74 valence electrons. The number of ether oxygens (including phenoxy) is 1. The number of para-hydroxylation sites is 1. The lowest BCUT2D eigenvalue weighted by Crippen LogP contribution is -1.98. The van der Waals surface area contributed by atoms with E-state index in [9.17, 15) is 0 Å². The Balaban J connectivity index is 2.14. The fourth-order valence-electron chi connectivity index (χ4n) is 1.29. The lowest BCUT2D eigenvalue weighted by Gasteiger charge is -2.07. The topological polar surface area (TPSA) is 35.2 Å². The molecule has 0 aromatic heterocycles. The van der Waals surface area contributed by atoms with Crippen molar-refractivity contribution in [2.45, 2.75) is 18.9 Å². The molecule has 1 aliphatic carbocycles. The van der Waals surface area contributed by atoms with Gasteiger partial charge in [0.2, 0.25) is 0 Å². The molecule has 0 spiro atoms. The Kier molecular flexibility index (Phi) is 2.84. The van der Waals surface area contributed by atoms with E-state index in [-0.39, 0.29) is 0 Å². The fourth-order valence-corrected chi connectivity index (χ4v) is 1.29. The summed E-state index contributed by atoms with van der Waals surface area (Å²) in [6, 6.07) is 8.06. The number of benzene rings is 1. The fraction of sp³-hybridized carbons (Fsp3) is 0.333. The van der Waals surface area contributed by atoms with Crippen LogP contribution < -0.4 is 10.5 Å². The maximum Gasteiger partial charge on any atom is 0.126 e. The van der Waals surface area contributed by atoms with E-state index in [1.54, 1.807) is 0 Å². The van der Waals surface area contributed by atoms with Crippen molar-refractivity contribution in [3.05, 3.63) is 35.9 Å². The Morgan fingerprint density at radius 2 is 2.14 bits per heavy atom. The van der Waals surface area contributed by atoms with E-state index >= 15 is 0 Å². The van der Waals surface area contributed by atoms with E-state index in [2.05, 4.69) is 0 Å². The molecule has 1 fully saturated rings. The molecule has 1 aromatic rings. The maximum atomic E-state index is 5.76. The summed E-state index contributed by atoms with van der Waals surface area (Å²) in [4.78, 5) is 0. The smallest absolute Gasteiger partial charge is 0.126 e. The van der Waals surface area contributed by atoms with Gasteiger partial charge in [-0.05, 0) is 18.9 Å². The predicted octanol–water partition coefficient (Wildman–Crippen LogP) is 2.20. The maximum absolute atomic E-state index is 5.76. The summed E-state index contributed by atoms with van der Waals surface area (Å²) in [7, 11) is 0. The van der Waals surface area contributed by atoms with Crippen LogP contribution >= 0.6 is 0 Å². The molecule has 0 atom stereocenters. The van der Waals surface area contributed by atoms with Gasteiger partial charge in [0.25, 0.3) is 0 Å². The average molecular weight is 189 g/mol. The first-order chi connectivity index (χ1) is 6.90. The molecule has 14 heavy (non-hydrogen) atoms. The average Bonchev–Trinajstić information content (AvgIpc) is 3.01. The van der Waals surface area contributed by atoms with Crippen LogP contribution in [0.25, 0.3) is 6.08 Å². The lowest BCUT2D eigenvalue weighted by molar-refractivity contribution is 0.302. The molecular formula is C12H15NO. The summed E-state index contributed by atoms with van der Waals surface area (Å²) >= 11 is 0. The first kappa shape index (κ1) is 9.28. The second-order valence-electron chi connectivity index (χ2n) is 3.49. The van der Waals surface area contributed by atoms with Crippen molar-refractivity contribution >= 4 is 6.08 Å². The Labute approximate surface area is 84.4 Å². The van der Waals surface area contributed by atoms with Gasteiger partial charge in [0, 0.05) is 12.1 Å². The van der Waals surface area contributed by atoms with Crippen LogP contribution in [0, 0.1) is 0 Å². The molecule has 0 saturated heterocycles. The standard InChI is InChI=1S/C12H15NO/c13-9-3-5-10-4-1-2-6-12(10)14-11-7-8-11/h1-6,11H,7-9,13H2/b5-3+. The van der Waals surface area contributed by atoms with Crippen molar-refractivity contribution < 1.29 is 4.74 Å². The van der Waals surface area contributed by atoms with Gasteiger partial charge in [0.05, 0.1) is 6.10 Å². The second-order valence-corrected chi connectivity index (χ2v) is 3.49. The van der Waals surface area contributed by atoms with Gasteiger partial charge < -0.3 is 10.5 Å². The summed E-state index contributed by atoms with van der Waals surface area (Å²) in [5, 5.41) is 0. The molecule has 1 saturated carbocycles. The third-order valence-corrected chi connectivity index (χ3v) is 2.17. The molecule has 1 aliphatic rings. The Morgan fingerprint density at radius 1 is 1.36 bits per heavy atom. The summed E-state index contributed by atoms with van der Waals surface area (Å²) in [6.45, 7) is 0.567. The van der Waals surface area contributed by atoms with Crippen molar-refractivity contribution in [3.8, 4) is 5.75 Å². The van der Waals surface area contributed by atoms with Gasteiger partial charge >= 0.3 is 0 Å². The van der Waals surface area contributed by atoms with E-state index in [1.165, 1.54) is 12.8 Å². The van der Waals surface area contributed by atoms with Gasteiger partial charge in [-0.15, -0.1) is 0 Å². The summed E-state index contributed by atoms with van der Waals surface area (Å²) < 4.78 is 5.76. The predicted molar refractivity (Wildman–Crippen MR) is 58.2 cm³/mol. The summed E-state index contributed by atoms with van der Waals surface area (Å²) in [5.41, 5.74) is 6.53. The molecule has 0 radical (unpaired) electrons. The first-order valence-electron chi connectivity index (χ1n) is 5.02. The van der Waals surface area contributed by atoms with Crippen LogP contribution in [0.15, 0.2) is 30.3 Å². The zero-order chi connectivity index (χ0) is 9.80. The van der Waals surface area contributed by atoms with Crippen LogP contribution in [0.1, 0.15) is 18.4 Å². The minimum Gasteiger partial charge on any atom is -0.490 e. The van der Waals surface area contributed by atoms with Crippen molar-refractivity contribution in [1.29, 1.82) is 0 Å². The van der Waals surface area contributed by atoms with Gasteiger partial charge in [0.15, 0.2) is 0 Å². The molecule has 0 heterocycles. The van der Waals surface area contributed by atoms with E-state index in [0.29, 0.717) is 12.6 Å². The summed E-state index contributed by atoms with van der Waals surface area (Å²) in [6.07, 6.45) is 6.78. The molecule has 0 bridgehead atoms. The molecule has 0 aliphatic heterocycles. The second kappa shape index (κ2) is 4.29. The number of nitrogens with two attached hydrogens (primary N) is 1. The van der Waals surface area contributed by atoms with Gasteiger partial charge in [-0.25, -0.2) is 0 Å². The minimum atomic E-state index is 0.447. The van der Waals surface area contributed by atoms with Crippen LogP contribution in [0.4, 0.5) is 0 Å². The zero-order valence-electron chi connectivity index (χ0n) is 8.15. The zero-order valence-corrected chi connectivity index (χ0v) is 8.15. The molecular weight excluding hydrogens is 174 g/mol. The quantitative estimate of drug-likeness (QED) is 0.788. The minimum absolute atomic E-state index is 0.447. The van der Waals surface area contributed by atoms with Gasteiger partial charge in [0.1, 0.15) is 5.75 Å². The largest absolute Gasteiger partial charge is 0.490 e. The van der Waals surface area contributed by atoms with Gasteiger partial charge in [-0.2, -0.15) is 0 Å². The van der Waals surface area contributed by atoms with Crippen LogP contribution in [0.3, 0.4) is 0 Å². The third kappa shape index (κ3) is 2.36. The number of hydrogen-bond acceptors (Lipinski definition) is 2. The van der Waals surface area contributed by atoms with Gasteiger partial charge in [-0.1, -0.05) is 30.4 Å². The number of hydrogen-bond donors (Lipinski definition) is 1. The van der Waals surface area contributed by atoms with E-state index in [0.717, 1.165) is 11.3 Å². The normalized spacial score (nSPS) is 16.1. The number of rotatable bonds is 4. The van der Waals surface area contributed by atoms with Gasteiger partial charge in [-0.3, -0.25) is 0 Å². The van der Waals surface area contributed by atoms with Crippen molar-refractivity contribution in [2.75, 3.05) is 6.54 Å². The molecule has 0 unspecified atom stereocenters. The highest BCUT2D eigenvalue weighted by molar-refractivity contribution is 5.57. The first-order valence-corrected chi connectivity index (χ1v) is 5.02. The Bertz CT molecular complexity index is 329.